The quantitative estimate of drug-likeness (QED) is 0.397. The standard InChI is InChI=1S/C25H30N2O5/c1-4-5-16-32-17-6-15-27-24(28)22(18-7-11-20(30-2)12-8-18)23(25(27)29)26-19-9-13-21(31-3)14-10-19/h7-14,26H,4-6,15-17H2,1-3H3. The van der Waals surface area contributed by atoms with E-state index in [1.807, 2.05) is 0 Å². The summed E-state index contributed by atoms with van der Waals surface area (Å²) in [6.45, 7) is 3.61. The molecule has 0 saturated heterocycles. The molecule has 1 aliphatic heterocycles. The molecule has 2 aromatic rings. The number of amides is 2. The molecule has 0 atom stereocenters. The molecule has 1 N–H and O–H groups in total. The van der Waals surface area contributed by atoms with Crippen LogP contribution in [0.3, 0.4) is 0 Å². The summed E-state index contributed by atoms with van der Waals surface area (Å²) < 4.78 is 16.0. The molecule has 2 amide bonds. The van der Waals surface area contributed by atoms with Gasteiger partial charge in [0.2, 0.25) is 0 Å². The number of unbranched alkanes of at least 4 members (excludes halogenated alkanes) is 1. The first-order valence-corrected chi connectivity index (χ1v) is 10.8. The van der Waals surface area contributed by atoms with Crippen LogP contribution in [-0.4, -0.2) is 50.7 Å². The van der Waals surface area contributed by atoms with Crippen LogP contribution in [0.5, 0.6) is 11.5 Å². The Bertz CT molecular complexity index is 951. The monoisotopic (exact) mass is 438 g/mol. The molecule has 0 radical (unpaired) electrons. The fourth-order valence-corrected chi connectivity index (χ4v) is 3.41. The van der Waals surface area contributed by atoms with Crippen molar-refractivity contribution in [3.8, 4) is 11.5 Å². The molecule has 1 aliphatic rings. The van der Waals surface area contributed by atoms with Crippen molar-refractivity contribution in [2.45, 2.75) is 26.2 Å². The SMILES string of the molecule is CCCCOCCCN1C(=O)C(Nc2ccc(OC)cc2)=C(c2ccc(OC)cc2)C1=O. The van der Waals surface area contributed by atoms with E-state index in [4.69, 9.17) is 14.2 Å². The first kappa shape index (κ1) is 23.3. The Labute approximate surface area is 189 Å². The van der Waals surface area contributed by atoms with Gasteiger partial charge < -0.3 is 19.5 Å². The number of carbonyl (C=O) groups is 2. The van der Waals surface area contributed by atoms with E-state index in [9.17, 15) is 9.59 Å². The van der Waals surface area contributed by atoms with Crippen LogP contribution >= 0.6 is 0 Å². The molecule has 0 fully saturated rings. The molecular weight excluding hydrogens is 408 g/mol. The van der Waals surface area contributed by atoms with Crippen LogP contribution in [0.2, 0.25) is 0 Å². The number of anilines is 1. The maximum atomic E-state index is 13.3. The van der Waals surface area contributed by atoms with Crippen LogP contribution in [0.15, 0.2) is 54.2 Å². The molecule has 0 saturated carbocycles. The minimum atomic E-state index is -0.342. The predicted octanol–water partition coefficient (Wildman–Crippen LogP) is 4.10. The second-order valence-electron chi connectivity index (χ2n) is 7.41. The highest BCUT2D eigenvalue weighted by atomic mass is 16.5. The molecule has 0 spiro atoms. The van der Waals surface area contributed by atoms with Gasteiger partial charge in [-0.15, -0.1) is 0 Å². The van der Waals surface area contributed by atoms with Gasteiger partial charge in [0, 0.05) is 25.4 Å². The van der Waals surface area contributed by atoms with Crippen molar-refractivity contribution in [3.05, 3.63) is 59.8 Å². The Hall–Kier alpha value is -3.32. The van der Waals surface area contributed by atoms with Crippen molar-refractivity contribution < 1.29 is 23.8 Å². The van der Waals surface area contributed by atoms with Crippen LogP contribution in [0.25, 0.3) is 5.57 Å². The molecule has 1 heterocycles. The Balaban J connectivity index is 1.82. The lowest BCUT2D eigenvalue weighted by molar-refractivity contribution is -0.137. The molecule has 0 aromatic heterocycles. The summed E-state index contributed by atoms with van der Waals surface area (Å²) in [4.78, 5) is 27.8. The number of nitrogens with one attached hydrogen (secondary N) is 1. The predicted molar refractivity (Wildman–Crippen MR) is 124 cm³/mol. The largest absolute Gasteiger partial charge is 0.497 e. The second kappa shape index (κ2) is 11.3. The van der Waals surface area contributed by atoms with Crippen LogP contribution in [0.4, 0.5) is 5.69 Å². The van der Waals surface area contributed by atoms with Crippen LogP contribution in [-0.2, 0) is 14.3 Å². The van der Waals surface area contributed by atoms with E-state index < -0.39 is 0 Å². The number of ether oxygens (including phenoxy) is 3. The lowest BCUT2D eigenvalue weighted by atomic mass is 10.0. The van der Waals surface area contributed by atoms with Gasteiger partial charge in [-0.25, -0.2) is 0 Å². The highest BCUT2D eigenvalue weighted by Crippen LogP contribution is 2.31. The van der Waals surface area contributed by atoms with E-state index in [1.54, 1.807) is 62.8 Å². The van der Waals surface area contributed by atoms with Gasteiger partial charge in [0.1, 0.15) is 17.2 Å². The lowest BCUT2D eigenvalue weighted by Crippen LogP contribution is -2.34. The fraction of sp³-hybridized carbons (Fsp3) is 0.360. The number of imide groups is 1. The molecule has 2 aromatic carbocycles. The fourth-order valence-electron chi connectivity index (χ4n) is 3.41. The number of methoxy groups -OCH3 is 2. The normalized spacial score (nSPS) is 13.7. The Morgan fingerprint density at radius 3 is 2.00 bits per heavy atom. The van der Waals surface area contributed by atoms with E-state index in [0.717, 1.165) is 12.8 Å². The Kier molecular flexibility index (Phi) is 8.27. The summed E-state index contributed by atoms with van der Waals surface area (Å²) in [6.07, 6.45) is 2.66. The zero-order valence-electron chi connectivity index (χ0n) is 18.8. The molecule has 0 bridgehead atoms. The average Bonchev–Trinajstić information content (AvgIpc) is 3.05. The van der Waals surface area contributed by atoms with E-state index >= 15 is 0 Å². The number of hydrogen-bond donors (Lipinski definition) is 1. The maximum absolute atomic E-state index is 13.3. The number of rotatable bonds is 12. The minimum Gasteiger partial charge on any atom is -0.497 e. The summed E-state index contributed by atoms with van der Waals surface area (Å²) in [6, 6.07) is 14.3. The molecule has 170 valence electrons. The van der Waals surface area contributed by atoms with Gasteiger partial charge in [-0.3, -0.25) is 14.5 Å². The zero-order valence-corrected chi connectivity index (χ0v) is 18.8. The Morgan fingerprint density at radius 1 is 0.812 bits per heavy atom. The molecule has 3 rings (SSSR count). The van der Waals surface area contributed by atoms with Gasteiger partial charge in [-0.05, 0) is 54.8 Å². The smallest absolute Gasteiger partial charge is 0.278 e. The maximum Gasteiger partial charge on any atom is 0.278 e. The van der Waals surface area contributed by atoms with E-state index in [2.05, 4.69) is 12.2 Å². The summed E-state index contributed by atoms with van der Waals surface area (Å²) in [5.41, 5.74) is 1.96. The second-order valence-corrected chi connectivity index (χ2v) is 7.41. The number of carbonyl (C=O) groups excluding carboxylic acids is 2. The van der Waals surface area contributed by atoms with Gasteiger partial charge in [0.15, 0.2) is 0 Å². The highest BCUT2D eigenvalue weighted by molar-refractivity contribution is 6.36. The number of hydrogen-bond acceptors (Lipinski definition) is 6. The summed E-state index contributed by atoms with van der Waals surface area (Å²) in [5.74, 6) is 0.727. The number of nitrogens with zero attached hydrogens (tertiary/aromatic N) is 1. The van der Waals surface area contributed by atoms with Crippen molar-refractivity contribution in [3.63, 3.8) is 0 Å². The van der Waals surface area contributed by atoms with Gasteiger partial charge in [-0.1, -0.05) is 25.5 Å². The molecule has 32 heavy (non-hydrogen) atoms. The van der Waals surface area contributed by atoms with Crippen molar-refractivity contribution in [2.24, 2.45) is 0 Å². The van der Waals surface area contributed by atoms with Gasteiger partial charge in [0.25, 0.3) is 11.8 Å². The average molecular weight is 439 g/mol. The first-order valence-electron chi connectivity index (χ1n) is 10.8. The summed E-state index contributed by atoms with van der Waals surface area (Å²) in [7, 11) is 3.18. The molecule has 7 heteroatoms. The van der Waals surface area contributed by atoms with Crippen molar-refractivity contribution in [2.75, 3.05) is 39.3 Å². The van der Waals surface area contributed by atoms with Crippen LogP contribution < -0.4 is 14.8 Å². The van der Waals surface area contributed by atoms with Crippen molar-refractivity contribution in [1.82, 2.24) is 4.90 Å². The minimum absolute atomic E-state index is 0.261. The van der Waals surface area contributed by atoms with E-state index in [-0.39, 0.29) is 17.5 Å². The molecule has 0 unspecified atom stereocenters. The first-order chi connectivity index (χ1) is 15.6. The molecule has 7 nitrogen and oxygen atoms in total. The molecular formula is C25H30N2O5. The van der Waals surface area contributed by atoms with Crippen molar-refractivity contribution in [1.29, 1.82) is 0 Å². The third-order valence-electron chi connectivity index (χ3n) is 5.22. The van der Waals surface area contributed by atoms with Gasteiger partial charge >= 0.3 is 0 Å². The Morgan fingerprint density at radius 2 is 1.41 bits per heavy atom. The lowest BCUT2D eigenvalue weighted by Gasteiger charge is -2.15. The molecule has 0 aliphatic carbocycles. The third-order valence-corrected chi connectivity index (χ3v) is 5.22. The van der Waals surface area contributed by atoms with E-state index in [1.165, 1.54) is 4.90 Å². The van der Waals surface area contributed by atoms with Crippen molar-refractivity contribution >= 4 is 23.1 Å². The topological polar surface area (TPSA) is 77.1 Å². The zero-order chi connectivity index (χ0) is 22.9. The number of benzene rings is 2. The van der Waals surface area contributed by atoms with Crippen LogP contribution in [0, 0.1) is 0 Å². The third kappa shape index (κ3) is 5.48. The summed E-state index contributed by atoms with van der Waals surface area (Å²) in [5, 5.41) is 3.15. The van der Waals surface area contributed by atoms with Gasteiger partial charge in [0.05, 0.1) is 19.8 Å². The van der Waals surface area contributed by atoms with E-state index in [0.29, 0.717) is 54.5 Å². The van der Waals surface area contributed by atoms with Gasteiger partial charge in [-0.2, -0.15) is 0 Å². The highest BCUT2D eigenvalue weighted by Gasteiger charge is 2.38. The summed E-state index contributed by atoms with van der Waals surface area (Å²) >= 11 is 0. The van der Waals surface area contributed by atoms with Crippen LogP contribution in [0.1, 0.15) is 31.7 Å².